The Hall–Kier alpha value is -2.16. The van der Waals surface area contributed by atoms with Gasteiger partial charge in [-0.25, -0.2) is 14.2 Å². The van der Waals surface area contributed by atoms with Gasteiger partial charge in [-0.05, 0) is 48.7 Å². The minimum atomic E-state index is -0.336. The minimum Gasteiger partial charge on any atom is -0.465 e. The van der Waals surface area contributed by atoms with Gasteiger partial charge in [-0.1, -0.05) is 24.3 Å². The van der Waals surface area contributed by atoms with Crippen molar-refractivity contribution in [1.29, 1.82) is 0 Å². The number of carbonyl (C=O) groups is 1. The molecule has 0 spiro atoms. The number of esters is 1. The van der Waals surface area contributed by atoms with Crippen molar-refractivity contribution >= 4 is 35.9 Å². The molecule has 0 unspecified atom stereocenters. The third-order valence-corrected chi connectivity index (χ3v) is 3.76. The number of rotatable bonds is 7. The second kappa shape index (κ2) is 12.3. The third kappa shape index (κ3) is 7.94. The van der Waals surface area contributed by atoms with Crippen LogP contribution in [0, 0.1) is 5.82 Å². The first kappa shape index (κ1) is 22.9. The van der Waals surface area contributed by atoms with Gasteiger partial charge >= 0.3 is 5.97 Å². The van der Waals surface area contributed by atoms with E-state index in [4.69, 9.17) is 0 Å². The van der Waals surface area contributed by atoms with E-state index in [1.807, 2.05) is 19.1 Å². The van der Waals surface area contributed by atoms with Crippen LogP contribution in [0.1, 0.15) is 28.4 Å². The molecule has 0 aliphatic rings. The largest absolute Gasteiger partial charge is 0.465 e. The molecule has 0 aliphatic carbocycles. The molecule has 2 aromatic rings. The molecule has 5 nitrogen and oxygen atoms in total. The highest BCUT2D eigenvalue weighted by atomic mass is 127. The van der Waals surface area contributed by atoms with Gasteiger partial charge in [0, 0.05) is 13.1 Å². The SMILES string of the molecule is CCNC(=NCc1ccc(F)cc1)NCCc1ccc(C(=O)OC)cc1.I. The standard InChI is InChI=1S/C20H24FN3O2.HI/c1-3-22-20(24-14-16-6-10-18(21)11-7-16)23-13-12-15-4-8-17(9-5-15)19(25)26-2;/h4-11H,3,12-14H2,1-2H3,(H2,22,23,24);1H. The molecular formula is C20H25FIN3O2. The van der Waals surface area contributed by atoms with Crippen LogP contribution >= 0.6 is 24.0 Å². The summed E-state index contributed by atoms with van der Waals surface area (Å²) in [5, 5.41) is 6.46. The molecule has 2 N–H and O–H groups in total. The summed E-state index contributed by atoms with van der Waals surface area (Å²) in [6.07, 6.45) is 0.794. The highest BCUT2D eigenvalue weighted by Crippen LogP contribution is 2.06. The fourth-order valence-electron chi connectivity index (χ4n) is 2.35. The number of nitrogens with one attached hydrogen (secondary N) is 2. The van der Waals surface area contributed by atoms with Crippen molar-refractivity contribution in [2.45, 2.75) is 19.9 Å². The summed E-state index contributed by atoms with van der Waals surface area (Å²) in [6, 6.07) is 13.7. The normalized spacial score (nSPS) is 10.7. The first-order valence-electron chi connectivity index (χ1n) is 8.56. The van der Waals surface area contributed by atoms with E-state index in [1.54, 1.807) is 24.3 Å². The van der Waals surface area contributed by atoms with Crippen LogP contribution in [0.15, 0.2) is 53.5 Å². The summed E-state index contributed by atoms with van der Waals surface area (Å²) >= 11 is 0. The first-order chi connectivity index (χ1) is 12.6. The molecule has 2 rings (SSSR count). The van der Waals surface area contributed by atoms with E-state index in [-0.39, 0.29) is 35.8 Å². The second-order valence-electron chi connectivity index (χ2n) is 5.69. The molecule has 0 radical (unpaired) electrons. The lowest BCUT2D eigenvalue weighted by molar-refractivity contribution is 0.0600. The van der Waals surface area contributed by atoms with Crippen molar-refractivity contribution in [2.24, 2.45) is 4.99 Å². The predicted molar refractivity (Wildman–Crippen MR) is 116 cm³/mol. The summed E-state index contributed by atoms with van der Waals surface area (Å²) in [6.45, 7) is 3.93. The molecule has 0 heterocycles. The Bertz CT molecular complexity index is 734. The minimum absolute atomic E-state index is 0. The molecule has 146 valence electrons. The highest BCUT2D eigenvalue weighted by molar-refractivity contribution is 14.0. The van der Waals surface area contributed by atoms with Gasteiger partial charge in [-0.3, -0.25) is 0 Å². The van der Waals surface area contributed by atoms with E-state index < -0.39 is 0 Å². The van der Waals surface area contributed by atoms with Crippen LogP contribution in [0.4, 0.5) is 4.39 Å². The predicted octanol–water partition coefficient (Wildman–Crippen LogP) is 3.53. The number of methoxy groups -OCH3 is 1. The number of aliphatic imine (C=N–C) groups is 1. The lowest BCUT2D eigenvalue weighted by Crippen LogP contribution is -2.38. The average Bonchev–Trinajstić information content (AvgIpc) is 2.67. The lowest BCUT2D eigenvalue weighted by atomic mass is 10.1. The Morgan fingerprint density at radius 1 is 1.04 bits per heavy atom. The second-order valence-corrected chi connectivity index (χ2v) is 5.69. The van der Waals surface area contributed by atoms with Crippen molar-refractivity contribution < 1.29 is 13.9 Å². The molecule has 0 fully saturated rings. The smallest absolute Gasteiger partial charge is 0.337 e. The Morgan fingerprint density at radius 3 is 2.26 bits per heavy atom. The van der Waals surface area contributed by atoms with E-state index in [9.17, 15) is 9.18 Å². The van der Waals surface area contributed by atoms with Crippen LogP contribution in [-0.4, -0.2) is 32.1 Å². The van der Waals surface area contributed by atoms with Gasteiger partial charge in [0.25, 0.3) is 0 Å². The van der Waals surface area contributed by atoms with Crippen LogP contribution in [-0.2, 0) is 17.7 Å². The number of nitrogens with zero attached hydrogens (tertiary/aromatic N) is 1. The third-order valence-electron chi connectivity index (χ3n) is 3.76. The van der Waals surface area contributed by atoms with Crippen molar-refractivity contribution in [1.82, 2.24) is 10.6 Å². The molecule has 0 atom stereocenters. The molecule has 27 heavy (non-hydrogen) atoms. The Kier molecular flexibility index (Phi) is 10.4. The van der Waals surface area contributed by atoms with E-state index in [1.165, 1.54) is 19.2 Å². The Morgan fingerprint density at radius 2 is 1.67 bits per heavy atom. The van der Waals surface area contributed by atoms with Crippen molar-refractivity contribution in [2.75, 3.05) is 20.2 Å². The topological polar surface area (TPSA) is 62.7 Å². The van der Waals surface area contributed by atoms with Crippen LogP contribution in [0.2, 0.25) is 0 Å². The number of carbonyl (C=O) groups excluding carboxylic acids is 1. The maximum absolute atomic E-state index is 12.9. The molecule has 2 aromatic carbocycles. The van der Waals surface area contributed by atoms with Crippen LogP contribution in [0.25, 0.3) is 0 Å². The van der Waals surface area contributed by atoms with Crippen LogP contribution in [0.3, 0.4) is 0 Å². The molecular weight excluding hydrogens is 460 g/mol. The monoisotopic (exact) mass is 485 g/mol. The number of benzene rings is 2. The first-order valence-corrected chi connectivity index (χ1v) is 8.56. The zero-order valence-corrected chi connectivity index (χ0v) is 17.8. The van der Waals surface area contributed by atoms with Gasteiger partial charge in [0.2, 0.25) is 0 Å². The van der Waals surface area contributed by atoms with Crippen LogP contribution in [0.5, 0.6) is 0 Å². The van der Waals surface area contributed by atoms with Gasteiger partial charge in [0.15, 0.2) is 5.96 Å². The molecule has 0 saturated carbocycles. The van der Waals surface area contributed by atoms with E-state index in [0.717, 1.165) is 24.1 Å². The van der Waals surface area contributed by atoms with Crippen molar-refractivity contribution in [3.05, 3.63) is 71.0 Å². The zero-order chi connectivity index (χ0) is 18.8. The van der Waals surface area contributed by atoms with Crippen molar-refractivity contribution in [3.8, 4) is 0 Å². The number of halogens is 2. The maximum atomic E-state index is 12.9. The number of ether oxygens (including phenoxy) is 1. The number of guanidine groups is 1. The molecule has 0 amide bonds. The van der Waals surface area contributed by atoms with E-state index in [2.05, 4.69) is 20.4 Å². The summed E-state index contributed by atoms with van der Waals surface area (Å²) in [5.41, 5.74) is 2.60. The number of hydrogen-bond acceptors (Lipinski definition) is 3. The summed E-state index contributed by atoms with van der Waals surface area (Å²) in [5.74, 6) is 0.126. The highest BCUT2D eigenvalue weighted by Gasteiger charge is 2.04. The fourth-order valence-corrected chi connectivity index (χ4v) is 2.35. The summed E-state index contributed by atoms with van der Waals surface area (Å²) in [7, 11) is 1.37. The van der Waals surface area contributed by atoms with Gasteiger partial charge in [0.1, 0.15) is 5.82 Å². The summed E-state index contributed by atoms with van der Waals surface area (Å²) < 4.78 is 17.6. The molecule has 0 bridgehead atoms. The van der Waals surface area contributed by atoms with Gasteiger partial charge in [-0.15, -0.1) is 24.0 Å². The quantitative estimate of drug-likeness (QED) is 0.273. The maximum Gasteiger partial charge on any atom is 0.337 e. The van der Waals surface area contributed by atoms with E-state index in [0.29, 0.717) is 24.6 Å². The average molecular weight is 485 g/mol. The van der Waals surface area contributed by atoms with Crippen LogP contribution < -0.4 is 10.6 Å². The van der Waals surface area contributed by atoms with Gasteiger partial charge in [-0.2, -0.15) is 0 Å². The van der Waals surface area contributed by atoms with Gasteiger partial charge < -0.3 is 15.4 Å². The molecule has 0 aromatic heterocycles. The fraction of sp³-hybridized carbons (Fsp3) is 0.300. The van der Waals surface area contributed by atoms with Gasteiger partial charge in [0.05, 0.1) is 19.2 Å². The lowest BCUT2D eigenvalue weighted by Gasteiger charge is -2.11. The summed E-state index contributed by atoms with van der Waals surface area (Å²) in [4.78, 5) is 15.9. The Balaban J connectivity index is 0.00000364. The molecule has 0 aliphatic heterocycles. The van der Waals surface area contributed by atoms with E-state index >= 15 is 0 Å². The molecule has 0 saturated heterocycles. The van der Waals surface area contributed by atoms with Crippen molar-refractivity contribution in [3.63, 3.8) is 0 Å². The molecule has 7 heteroatoms. The Labute approximate surface area is 176 Å². The zero-order valence-electron chi connectivity index (χ0n) is 15.5. The number of hydrogen-bond donors (Lipinski definition) is 2.